The summed E-state index contributed by atoms with van der Waals surface area (Å²) in [5.41, 5.74) is 6.06. The molecule has 6 nitrogen and oxygen atoms in total. The largest absolute Gasteiger partial charge is 0.744 e. The lowest BCUT2D eigenvalue weighted by Gasteiger charge is -2.20. The highest BCUT2D eigenvalue weighted by Crippen LogP contribution is 2.31. The molecule has 3 rings (SSSR count). The normalized spacial score (nSPS) is 13.8. The number of carbonyl (C=O) groups is 2. The molecular weight excluding hydrogens is 294 g/mol. The summed E-state index contributed by atoms with van der Waals surface area (Å²) in [7, 11) is -4.70. The molecule has 0 saturated heterocycles. The van der Waals surface area contributed by atoms with E-state index in [9.17, 15) is 22.6 Å². The average molecular weight is 302 g/mol. The second kappa shape index (κ2) is 4.24. The molecule has 106 valence electrons. The van der Waals surface area contributed by atoms with Gasteiger partial charge in [0.05, 0.1) is 10.5 Å². The van der Waals surface area contributed by atoms with E-state index in [1.54, 1.807) is 0 Å². The zero-order valence-corrected chi connectivity index (χ0v) is 11.3. The lowest BCUT2D eigenvalue weighted by molar-refractivity contribution is 0.0979. The fraction of sp³-hybridized carbons (Fsp3) is 0. The van der Waals surface area contributed by atoms with Gasteiger partial charge >= 0.3 is 0 Å². The van der Waals surface area contributed by atoms with Crippen LogP contribution in [-0.2, 0) is 10.1 Å². The molecule has 0 saturated carbocycles. The first-order chi connectivity index (χ1) is 9.80. The van der Waals surface area contributed by atoms with Crippen LogP contribution in [0.1, 0.15) is 31.8 Å². The second-order valence-electron chi connectivity index (χ2n) is 4.59. The van der Waals surface area contributed by atoms with E-state index in [0.29, 0.717) is 0 Å². The van der Waals surface area contributed by atoms with E-state index in [1.165, 1.54) is 18.2 Å². The Hall–Kier alpha value is -2.51. The Morgan fingerprint density at radius 1 is 0.905 bits per heavy atom. The van der Waals surface area contributed by atoms with Crippen LogP contribution in [0.25, 0.3) is 0 Å². The summed E-state index contributed by atoms with van der Waals surface area (Å²) < 4.78 is 33.1. The molecule has 0 amide bonds. The van der Waals surface area contributed by atoms with Gasteiger partial charge in [-0.25, -0.2) is 8.42 Å². The maximum Gasteiger partial charge on any atom is 0.196 e. The van der Waals surface area contributed by atoms with Crippen molar-refractivity contribution in [1.29, 1.82) is 0 Å². The van der Waals surface area contributed by atoms with Crippen LogP contribution in [0, 0.1) is 0 Å². The van der Waals surface area contributed by atoms with Gasteiger partial charge in [-0.1, -0.05) is 12.1 Å². The van der Waals surface area contributed by atoms with Crippen molar-refractivity contribution < 1.29 is 22.6 Å². The van der Waals surface area contributed by atoms with E-state index < -0.39 is 26.6 Å². The van der Waals surface area contributed by atoms with Crippen molar-refractivity contribution in [2.45, 2.75) is 4.90 Å². The van der Waals surface area contributed by atoms with Crippen LogP contribution in [0.2, 0.25) is 0 Å². The lowest BCUT2D eigenvalue weighted by Crippen LogP contribution is -2.22. The van der Waals surface area contributed by atoms with Crippen molar-refractivity contribution >= 4 is 27.4 Å². The van der Waals surface area contributed by atoms with Gasteiger partial charge in [0.1, 0.15) is 10.1 Å². The van der Waals surface area contributed by atoms with Crippen LogP contribution < -0.4 is 5.73 Å². The van der Waals surface area contributed by atoms with Gasteiger partial charge in [-0.15, -0.1) is 0 Å². The minimum Gasteiger partial charge on any atom is -0.744 e. The third kappa shape index (κ3) is 1.94. The Balaban J connectivity index is 2.31. The Morgan fingerprint density at radius 2 is 1.62 bits per heavy atom. The molecule has 0 unspecified atom stereocenters. The Kier molecular flexibility index (Phi) is 2.72. The molecule has 0 spiro atoms. The average Bonchev–Trinajstić information content (AvgIpc) is 2.43. The molecule has 21 heavy (non-hydrogen) atoms. The molecule has 0 heterocycles. The van der Waals surface area contributed by atoms with E-state index >= 15 is 0 Å². The second-order valence-corrected chi connectivity index (χ2v) is 5.97. The zero-order chi connectivity index (χ0) is 15.4. The SMILES string of the molecule is Nc1cccc2c1C(=O)c1ccc(S(=O)(=O)[O-])cc1C2=O. The number of nitrogens with two attached hydrogens (primary N) is 1. The topological polar surface area (TPSA) is 117 Å². The third-order valence-corrected chi connectivity index (χ3v) is 4.17. The molecular formula is C14H8NO5S-. The number of hydrogen-bond acceptors (Lipinski definition) is 6. The van der Waals surface area contributed by atoms with E-state index in [2.05, 4.69) is 0 Å². The van der Waals surface area contributed by atoms with Crippen LogP contribution in [0.15, 0.2) is 41.3 Å². The number of hydrogen-bond donors (Lipinski definition) is 1. The first-order valence-electron chi connectivity index (χ1n) is 5.88. The molecule has 0 radical (unpaired) electrons. The number of benzene rings is 2. The number of rotatable bonds is 1. The predicted molar refractivity (Wildman–Crippen MR) is 72.1 cm³/mol. The first-order valence-corrected chi connectivity index (χ1v) is 7.29. The first kappa shape index (κ1) is 13.5. The van der Waals surface area contributed by atoms with E-state index in [0.717, 1.165) is 18.2 Å². The van der Waals surface area contributed by atoms with Crippen LogP contribution in [-0.4, -0.2) is 24.5 Å². The Morgan fingerprint density at radius 3 is 2.29 bits per heavy atom. The summed E-state index contributed by atoms with van der Waals surface area (Å²) in [4.78, 5) is 24.2. The van der Waals surface area contributed by atoms with Gasteiger partial charge in [-0.05, 0) is 24.3 Å². The highest BCUT2D eigenvalue weighted by molar-refractivity contribution is 7.85. The molecule has 2 aromatic carbocycles. The predicted octanol–water partition coefficient (Wildman–Crippen LogP) is 0.948. The van der Waals surface area contributed by atoms with Crippen LogP contribution >= 0.6 is 0 Å². The summed E-state index contributed by atoms with van der Waals surface area (Å²) >= 11 is 0. The number of anilines is 1. The molecule has 0 bridgehead atoms. The highest BCUT2D eigenvalue weighted by Gasteiger charge is 2.31. The van der Waals surface area contributed by atoms with Gasteiger partial charge in [0.2, 0.25) is 0 Å². The molecule has 0 fully saturated rings. The minimum absolute atomic E-state index is 0.0396. The quantitative estimate of drug-likeness (QED) is 0.528. The molecule has 1 aliphatic rings. The Labute approximate surface area is 120 Å². The molecule has 2 aromatic rings. The maximum absolute atomic E-state index is 12.4. The van der Waals surface area contributed by atoms with Crippen LogP contribution in [0.5, 0.6) is 0 Å². The number of nitrogen functional groups attached to an aromatic ring is 1. The van der Waals surface area contributed by atoms with Crippen molar-refractivity contribution in [1.82, 2.24) is 0 Å². The number of fused-ring (bicyclic) bond motifs is 2. The van der Waals surface area contributed by atoms with Gasteiger partial charge in [-0.3, -0.25) is 9.59 Å². The number of ketones is 2. The summed E-state index contributed by atoms with van der Waals surface area (Å²) in [6.45, 7) is 0. The molecule has 7 heteroatoms. The standard InChI is InChI=1S/C14H9NO5S/c15-11-3-1-2-9-12(11)14(17)8-5-4-7(21(18,19)20)6-10(8)13(9)16/h1-6H,15H2,(H,18,19,20)/p-1. The van der Waals surface area contributed by atoms with Crippen molar-refractivity contribution in [2.75, 3.05) is 5.73 Å². The summed E-state index contributed by atoms with van der Waals surface area (Å²) in [6, 6.07) is 7.58. The molecule has 2 N–H and O–H groups in total. The molecule has 1 aliphatic carbocycles. The molecule has 0 aromatic heterocycles. The van der Waals surface area contributed by atoms with E-state index in [1.807, 2.05) is 0 Å². The molecule has 0 aliphatic heterocycles. The van der Waals surface area contributed by atoms with Crippen molar-refractivity contribution in [3.63, 3.8) is 0 Å². The van der Waals surface area contributed by atoms with E-state index in [-0.39, 0.29) is 27.9 Å². The highest BCUT2D eigenvalue weighted by atomic mass is 32.2. The van der Waals surface area contributed by atoms with Gasteiger partial charge in [-0.2, -0.15) is 0 Å². The van der Waals surface area contributed by atoms with Crippen LogP contribution in [0.4, 0.5) is 5.69 Å². The van der Waals surface area contributed by atoms with Crippen LogP contribution in [0.3, 0.4) is 0 Å². The number of carbonyl (C=O) groups excluding carboxylic acids is 2. The maximum atomic E-state index is 12.4. The van der Waals surface area contributed by atoms with Gasteiger partial charge < -0.3 is 10.3 Å². The fourth-order valence-corrected chi connectivity index (χ4v) is 2.85. The van der Waals surface area contributed by atoms with Crippen molar-refractivity contribution in [3.05, 3.63) is 58.7 Å². The van der Waals surface area contributed by atoms with Gasteiger partial charge in [0.25, 0.3) is 0 Å². The summed E-state index contributed by atoms with van der Waals surface area (Å²) in [6.07, 6.45) is 0. The van der Waals surface area contributed by atoms with Gasteiger partial charge in [0.15, 0.2) is 11.6 Å². The van der Waals surface area contributed by atoms with Crippen molar-refractivity contribution in [2.24, 2.45) is 0 Å². The minimum atomic E-state index is -4.70. The van der Waals surface area contributed by atoms with Gasteiger partial charge in [0, 0.05) is 22.4 Å². The lowest BCUT2D eigenvalue weighted by atomic mass is 9.83. The van der Waals surface area contributed by atoms with E-state index in [4.69, 9.17) is 5.73 Å². The van der Waals surface area contributed by atoms with Crippen molar-refractivity contribution in [3.8, 4) is 0 Å². The Bertz CT molecular complexity index is 915. The third-order valence-electron chi connectivity index (χ3n) is 3.34. The molecule has 0 atom stereocenters. The zero-order valence-electron chi connectivity index (χ0n) is 10.5. The fourth-order valence-electron chi connectivity index (χ4n) is 2.36. The summed E-state index contributed by atoms with van der Waals surface area (Å²) in [5, 5.41) is 0. The smallest absolute Gasteiger partial charge is 0.196 e. The summed E-state index contributed by atoms with van der Waals surface area (Å²) in [5.74, 6) is -0.995. The monoisotopic (exact) mass is 302 g/mol.